The van der Waals surface area contributed by atoms with Crippen LogP contribution in [0.1, 0.15) is 52.4 Å². The lowest BCUT2D eigenvalue weighted by atomic mass is 9.89. The second kappa shape index (κ2) is 5.65. The van der Waals surface area contributed by atoms with Crippen LogP contribution in [0.4, 0.5) is 0 Å². The number of nitrogens with one attached hydrogen (secondary N) is 1. The first-order valence-corrected chi connectivity index (χ1v) is 7.88. The molecule has 0 saturated heterocycles. The van der Waals surface area contributed by atoms with Crippen molar-refractivity contribution in [2.75, 3.05) is 0 Å². The Morgan fingerprint density at radius 3 is 2.47 bits per heavy atom. The third-order valence-electron chi connectivity index (χ3n) is 3.44. The van der Waals surface area contributed by atoms with Crippen molar-refractivity contribution in [3.05, 3.63) is 0 Å². The molecule has 0 bridgehead atoms. The molecule has 1 aliphatic carbocycles. The van der Waals surface area contributed by atoms with Gasteiger partial charge in [-0.3, -0.25) is 0 Å². The zero-order chi connectivity index (χ0) is 13.1. The summed E-state index contributed by atoms with van der Waals surface area (Å²) >= 11 is 0. The fourth-order valence-corrected chi connectivity index (χ4v) is 3.26. The van der Waals surface area contributed by atoms with Crippen LogP contribution in [0.2, 0.25) is 0 Å². The van der Waals surface area contributed by atoms with E-state index >= 15 is 0 Å². The van der Waals surface area contributed by atoms with E-state index in [0.717, 1.165) is 12.8 Å². The number of rotatable bonds is 8. The summed E-state index contributed by atoms with van der Waals surface area (Å²) in [4.78, 5) is 0. The van der Waals surface area contributed by atoms with Crippen molar-refractivity contribution in [1.29, 1.82) is 0 Å². The minimum absolute atomic E-state index is 0.329. The molecule has 17 heavy (non-hydrogen) atoms. The summed E-state index contributed by atoms with van der Waals surface area (Å²) in [5.74, 6) is 0. The van der Waals surface area contributed by atoms with Gasteiger partial charge < -0.3 is 10.8 Å². The second-order valence-electron chi connectivity index (χ2n) is 4.96. The van der Waals surface area contributed by atoms with Crippen molar-refractivity contribution in [2.45, 2.75) is 69.4 Å². The minimum Gasteiger partial charge on any atom is -0.376 e. The predicted octanol–water partition coefficient (Wildman–Crippen LogP) is 0.684. The quantitative estimate of drug-likeness (QED) is 0.562. The lowest BCUT2D eigenvalue weighted by molar-refractivity contribution is 0.0645. The van der Waals surface area contributed by atoms with Gasteiger partial charge in [-0.1, -0.05) is 26.7 Å². The Kier molecular flexibility index (Phi) is 4.95. The predicted molar refractivity (Wildman–Crippen MR) is 67.8 cm³/mol. The molecular formula is C11H24N2O3S. The van der Waals surface area contributed by atoms with Gasteiger partial charge in [0.05, 0.1) is 10.8 Å². The maximum atomic E-state index is 11.7. The number of sulfonamides is 1. The van der Waals surface area contributed by atoms with Crippen LogP contribution in [0.5, 0.6) is 0 Å². The van der Waals surface area contributed by atoms with Gasteiger partial charge in [0.25, 0.3) is 0 Å². The Balaban J connectivity index is 2.62. The van der Waals surface area contributed by atoms with E-state index in [0.29, 0.717) is 25.7 Å². The lowest BCUT2D eigenvalue weighted by Gasteiger charge is -2.33. The molecule has 0 aromatic heterocycles. The molecule has 0 amide bonds. The Morgan fingerprint density at radius 2 is 2.06 bits per heavy atom. The first-order chi connectivity index (χ1) is 7.85. The van der Waals surface area contributed by atoms with Crippen LogP contribution in [0.25, 0.3) is 0 Å². The minimum atomic E-state index is -3.38. The van der Waals surface area contributed by atoms with Gasteiger partial charge >= 0.3 is 0 Å². The summed E-state index contributed by atoms with van der Waals surface area (Å²) in [7, 11) is -3.38. The van der Waals surface area contributed by atoms with Crippen LogP contribution in [-0.2, 0) is 10.0 Å². The average molecular weight is 264 g/mol. The largest absolute Gasteiger partial charge is 0.376 e. The van der Waals surface area contributed by atoms with Crippen LogP contribution in [0.3, 0.4) is 0 Å². The standard InChI is InChI=1S/C11H24N2O3S/c1-3-5-8-11(12,4-2)10(14)13-17(15,16)9-6-7-9/h9-10,13-14H,3-8,12H2,1-2H3. The Bertz CT molecular complexity index is 341. The lowest BCUT2D eigenvalue weighted by Crippen LogP contribution is -2.58. The molecule has 1 aliphatic rings. The summed E-state index contributed by atoms with van der Waals surface area (Å²) in [6, 6.07) is 0. The fraction of sp³-hybridized carbons (Fsp3) is 1.00. The van der Waals surface area contributed by atoms with E-state index in [2.05, 4.69) is 4.72 Å². The van der Waals surface area contributed by atoms with E-state index < -0.39 is 21.8 Å². The van der Waals surface area contributed by atoms with Gasteiger partial charge in [0.1, 0.15) is 6.23 Å². The molecule has 5 nitrogen and oxygen atoms in total. The maximum absolute atomic E-state index is 11.7. The number of hydrogen-bond donors (Lipinski definition) is 3. The normalized spacial score (nSPS) is 22.1. The molecule has 0 aromatic carbocycles. The molecular weight excluding hydrogens is 240 g/mol. The second-order valence-corrected chi connectivity index (χ2v) is 6.95. The van der Waals surface area contributed by atoms with E-state index in [1.54, 1.807) is 0 Å². The molecule has 0 spiro atoms. The monoisotopic (exact) mass is 264 g/mol. The summed E-state index contributed by atoms with van der Waals surface area (Å²) in [6.07, 6.45) is 3.19. The zero-order valence-corrected chi connectivity index (χ0v) is 11.5. The molecule has 4 N–H and O–H groups in total. The third-order valence-corrected chi connectivity index (χ3v) is 5.34. The van der Waals surface area contributed by atoms with Gasteiger partial charge in [-0.15, -0.1) is 0 Å². The molecule has 2 atom stereocenters. The van der Waals surface area contributed by atoms with Crippen molar-refractivity contribution < 1.29 is 13.5 Å². The van der Waals surface area contributed by atoms with Crippen molar-refractivity contribution >= 4 is 10.0 Å². The van der Waals surface area contributed by atoms with Crippen molar-refractivity contribution in [1.82, 2.24) is 4.72 Å². The highest BCUT2D eigenvalue weighted by atomic mass is 32.2. The molecule has 6 heteroatoms. The van der Waals surface area contributed by atoms with Gasteiger partial charge in [0.15, 0.2) is 0 Å². The van der Waals surface area contributed by atoms with Gasteiger partial charge in [-0.2, -0.15) is 4.72 Å². The molecule has 0 heterocycles. The van der Waals surface area contributed by atoms with Crippen molar-refractivity contribution in [2.24, 2.45) is 5.73 Å². The summed E-state index contributed by atoms with van der Waals surface area (Å²) in [5.41, 5.74) is 5.21. The highest BCUT2D eigenvalue weighted by Gasteiger charge is 2.40. The molecule has 2 unspecified atom stereocenters. The van der Waals surface area contributed by atoms with Gasteiger partial charge in [-0.05, 0) is 25.7 Å². The highest BCUT2D eigenvalue weighted by Crippen LogP contribution is 2.29. The molecule has 1 fully saturated rings. The topological polar surface area (TPSA) is 92.4 Å². The number of aliphatic hydroxyl groups is 1. The van der Waals surface area contributed by atoms with Crippen molar-refractivity contribution in [3.63, 3.8) is 0 Å². The number of hydrogen-bond acceptors (Lipinski definition) is 4. The van der Waals surface area contributed by atoms with Gasteiger partial charge in [-0.25, -0.2) is 8.42 Å². The Labute approximate surface area is 104 Å². The summed E-state index contributed by atoms with van der Waals surface area (Å²) in [6.45, 7) is 3.90. The number of unbranched alkanes of at least 4 members (excludes halogenated alkanes) is 1. The van der Waals surface area contributed by atoms with Gasteiger partial charge in [0, 0.05) is 0 Å². The smallest absolute Gasteiger partial charge is 0.216 e. The van der Waals surface area contributed by atoms with E-state index in [1.807, 2.05) is 13.8 Å². The van der Waals surface area contributed by atoms with E-state index in [9.17, 15) is 13.5 Å². The van der Waals surface area contributed by atoms with E-state index in [-0.39, 0.29) is 5.25 Å². The molecule has 1 rings (SSSR count). The summed E-state index contributed by atoms with van der Waals surface area (Å²) in [5, 5.41) is 9.66. The third kappa shape index (κ3) is 3.91. The molecule has 1 saturated carbocycles. The SMILES string of the molecule is CCCCC(N)(CC)C(O)NS(=O)(=O)C1CC1. The van der Waals surface area contributed by atoms with Crippen LogP contribution in [0, 0.1) is 0 Å². The number of aliphatic hydroxyl groups excluding tert-OH is 1. The molecule has 0 aromatic rings. The Hall–Kier alpha value is -0.170. The molecule has 102 valence electrons. The fourth-order valence-electron chi connectivity index (χ4n) is 1.76. The average Bonchev–Trinajstić information content (AvgIpc) is 3.09. The van der Waals surface area contributed by atoms with Crippen LogP contribution >= 0.6 is 0 Å². The Morgan fingerprint density at radius 1 is 1.47 bits per heavy atom. The first-order valence-electron chi connectivity index (χ1n) is 6.34. The van der Waals surface area contributed by atoms with Crippen molar-refractivity contribution in [3.8, 4) is 0 Å². The first kappa shape index (κ1) is 14.9. The van der Waals surface area contributed by atoms with Gasteiger partial charge in [0.2, 0.25) is 10.0 Å². The maximum Gasteiger partial charge on any atom is 0.216 e. The van der Waals surface area contributed by atoms with Crippen LogP contribution in [-0.4, -0.2) is 30.5 Å². The van der Waals surface area contributed by atoms with Crippen LogP contribution < -0.4 is 10.5 Å². The molecule has 0 aliphatic heterocycles. The zero-order valence-electron chi connectivity index (χ0n) is 10.6. The van der Waals surface area contributed by atoms with E-state index in [1.165, 1.54) is 0 Å². The van der Waals surface area contributed by atoms with E-state index in [4.69, 9.17) is 5.73 Å². The highest BCUT2D eigenvalue weighted by molar-refractivity contribution is 7.90. The summed E-state index contributed by atoms with van der Waals surface area (Å²) < 4.78 is 25.7. The van der Waals surface area contributed by atoms with Crippen LogP contribution in [0.15, 0.2) is 0 Å². The molecule has 0 radical (unpaired) electrons. The number of nitrogens with two attached hydrogens (primary N) is 1.